The molecule has 0 amide bonds. The summed E-state index contributed by atoms with van der Waals surface area (Å²) in [5, 5.41) is 15.1. The number of hydrogen-bond donors (Lipinski definition) is 1. The summed E-state index contributed by atoms with van der Waals surface area (Å²) < 4.78 is 0. The number of hydrogen-bond acceptors (Lipinski definition) is 2. The van der Waals surface area contributed by atoms with Gasteiger partial charge in [0.25, 0.3) is 0 Å². The Bertz CT molecular complexity index is 80.1. The van der Waals surface area contributed by atoms with Crippen molar-refractivity contribution < 1.29 is 5.11 Å². The minimum atomic E-state index is -1.09. The first-order valence-corrected chi connectivity index (χ1v) is 0.936. The van der Waals surface area contributed by atoms with Gasteiger partial charge in [-0.25, -0.2) is 0 Å². The second kappa shape index (κ2) is 1.30. The van der Waals surface area contributed by atoms with Crippen LogP contribution < -0.4 is 5.11 Å². The van der Waals surface area contributed by atoms with Crippen LogP contribution in [0.2, 0.25) is 0 Å². The predicted molar refractivity (Wildman–Crippen MR) is 16.0 cm³/mol. The van der Waals surface area contributed by atoms with Crippen LogP contribution in [-0.2, 0) is 0 Å². The van der Waals surface area contributed by atoms with E-state index in [0.717, 1.165) is 0 Å². The monoisotopic (exact) mass is 70.0 g/mol. The van der Waals surface area contributed by atoms with Crippen LogP contribution in [0.1, 0.15) is 0 Å². The Kier molecular flexibility index (Phi) is 1.03. The van der Waals surface area contributed by atoms with Crippen LogP contribution in [0.25, 0.3) is 4.85 Å². The largest absolute Gasteiger partial charge is 0.793 e. The Balaban J connectivity index is 3.35. The van der Waals surface area contributed by atoms with Gasteiger partial charge in [0.15, 0.2) is 0 Å². The molecule has 0 aromatic carbocycles. The van der Waals surface area contributed by atoms with E-state index in [1.165, 1.54) is 0 Å². The van der Waals surface area contributed by atoms with Crippen LogP contribution >= 0.6 is 0 Å². The first kappa shape index (κ1) is 3.96. The number of rotatable bonds is 0. The van der Waals surface area contributed by atoms with Crippen LogP contribution in [0.15, 0.2) is 0 Å². The zero-order chi connectivity index (χ0) is 4.28. The van der Waals surface area contributed by atoms with Crippen molar-refractivity contribution in [3.8, 4) is 6.57 Å². The van der Waals surface area contributed by atoms with Crippen molar-refractivity contribution >= 4 is 6.02 Å². The van der Waals surface area contributed by atoms with Crippen molar-refractivity contribution in [2.24, 2.45) is 0 Å². The summed E-state index contributed by atoms with van der Waals surface area (Å²) in [7, 11) is 0. The van der Waals surface area contributed by atoms with Crippen LogP contribution in [0.5, 0.6) is 0 Å². The van der Waals surface area contributed by atoms with E-state index in [4.69, 9.17) is 5.41 Å². The average molecular weight is 70.1 g/mol. The summed E-state index contributed by atoms with van der Waals surface area (Å²) in [4.78, 5) is 2.42. The molecule has 0 aromatic rings. The van der Waals surface area contributed by atoms with Crippen LogP contribution in [-0.4, -0.2) is 6.02 Å². The van der Waals surface area contributed by atoms with Crippen LogP contribution in [0.4, 0.5) is 0 Å². The quantitative estimate of drug-likeness (QED) is 0.295. The van der Waals surface area contributed by atoms with Crippen LogP contribution in [0.3, 0.4) is 0 Å². The molecule has 5 heavy (non-hydrogen) atoms. The SMILES string of the molecule is C#[N+]C(=N)[O-]. The highest BCUT2D eigenvalue weighted by Gasteiger charge is 1.68. The van der Waals surface area contributed by atoms with Gasteiger partial charge in [-0.3, -0.25) is 0 Å². The van der Waals surface area contributed by atoms with Crippen molar-refractivity contribution in [3.63, 3.8) is 0 Å². The molecule has 0 rings (SSSR count). The summed E-state index contributed by atoms with van der Waals surface area (Å²) >= 11 is 0. The minimum absolute atomic E-state index is 1.09. The van der Waals surface area contributed by atoms with E-state index in [-0.39, 0.29) is 0 Å². The van der Waals surface area contributed by atoms with E-state index < -0.39 is 6.02 Å². The molecule has 0 saturated heterocycles. The Morgan fingerprint density at radius 2 is 2.20 bits per heavy atom. The molecular formula is C2H2N2O. The van der Waals surface area contributed by atoms with Crippen molar-refractivity contribution in [1.29, 1.82) is 5.41 Å². The molecular weight excluding hydrogens is 68.0 g/mol. The third-order valence-electron chi connectivity index (χ3n) is 0.117. The zero-order valence-corrected chi connectivity index (χ0v) is 2.43. The van der Waals surface area contributed by atoms with Gasteiger partial charge >= 0.3 is 6.02 Å². The molecule has 0 aliphatic rings. The predicted octanol–water partition coefficient (Wildman–Crippen LogP) is -0.756. The summed E-state index contributed by atoms with van der Waals surface area (Å²) in [5.74, 6) is 0. The van der Waals surface area contributed by atoms with E-state index in [1.54, 1.807) is 0 Å². The van der Waals surface area contributed by atoms with Gasteiger partial charge < -0.3 is 5.11 Å². The van der Waals surface area contributed by atoms with Crippen LogP contribution in [0, 0.1) is 12.0 Å². The number of nitrogens with zero attached hydrogens (tertiary/aromatic N) is 1. The Labute approximate surface area is 29.2 Å². The second-order valence-electron chi connectivity index (χ2n) is 0.434. The Morgan fingerprint density at radius 3 is 2.20 bits per heavy atom. The molecule has 0 unspecified atom stereocenters. The van der Waals surface area contributed by atoms with E-state index in [9.17, 15) is 5.11 Å². The average Bonchev–Trinajstić information content (AvgIpc) is 1.38. The minimum Gasteiger partial charge on any atom is -0.793 e. The molecule has 0 fully saturated rings. The zero-order valence-electron chi connectivity index (χ0n) is 2.43. The first-order chi connectivity index (χ1) is 2.27. The fourth-order valence-corrected chi connectivity index (χ4v) is 0. The highest BCUT2D eigenvalue weighted by atomic mass is 16.3. The van der Waals surface area contributed by atoms with Gasteiger partial charge in [0.1, 0.15) is 6.57 Å². The molecule has 0 aromatic heterocycles. The van der Waals surface area contributed by atoms with E-state index in [0.29, 0.717) is 0 Å². The number of amidine groups is 1. The summed E-state index contributed by atoms with van der Waals surface area (Å²) in [6, 6.07) is -1.09. The standard InChI is InChI=1S/C2H2N2O/c1-4-2(3)5/h1H,(H-,3,5). The lowest BCUT2D eigenvalue weighted by Crippen LogP contribution is -2.08. The molecule has 1 N–H and O–H groups in total. The summed E-state index contributed by atoms with van der Waals surface area (Å²) in [6.45, 7) is 4.26. The maximum Gasteiger partial charge on any atom is 0.372 e. The van der Waals surface area contributed by atoms with Gasteiger partial charge in [-0.2, -0.15) is 4.85 Å². The fourth-order valence-electron chi connectivity index (χ4n) is 0. The number of nitrogens with one attached hydrogen (secondary N) is 1. The van der Waals surface area contributed by atoms with Crippen molar-refractivity contribution in [2.75, 3.05) is 0 Å². The molecule has 3 nitrogen and oxygen atoms in total. The third kappa shape index (κ3) is 2.96. The molecule has 0 spiro atoms. The highest BCUT2D eigenvalue weighted by Crippen LogP contribution is 1.49. The lowest BCUT2D eigenvalue weighted by atomic mass is 11.2. The lowest BCUT2D eigenvalue weighted by molar-refractivity contribution is -0.213. The van der Waals surface area contributed by atoms with Crippen molar-refractivity contribution in [2.45, 2.75) is 0 Å². The Morgan fingerprint density at radius 1 is 2.00 bits per heavy atom. The van der Waals surface area contributed by atoms with E-state index in [1.807, 2.05) is 0 Å². The molecule has 0 aliphatic heterocycles. The highest BCUT2D eigenvalue weighted by molar-refractivity contribution is 5.76. The van der Waals surface area contributed by atoms with Crippen molar-refractivity contribution in [3.05, 3.63) is 4.85 Å². The smallest absolute Gasteiger partial charge is 0.372 e. The van der Waals surface area contributed by atoms with Gasteiger partial charge in [0.05, 0.1) is 0 Å². The normalized spacial score (nSPS) is 5.40. The molecule has 3 heteroatoms. The molecule has 0 atom stereocenters. The summed E-state index contributed by atoms with van der Waals surface area (Å²) in [5.41, 5.74) is 0. The fraction of sp³-hybridized carbons (Fsp3) is 0. The maximum absolute atomic E-state index is 9.19. The van der Waals surface area contributed by atoms with Crippen molar-refractivity contribution in [1.82, 2.24) is 0 Å². The van der Waals surface area contributed by atoms with Gasteiger partial charge in [-0.05, 0) is 0 Å². The summed E-state index contributed by atoms with van der Waals surface area (Å²) in [6.07, 6.45) is 0. The molecule has 26 valence electrons. The van der Waals surface area contributed by atoms with Gasteiger partial charge in [0.2, 0.25) is 0 Å². The molecule has 0 aliphatic carbocycles. The van der Waals surface area contributed by atoms with E-state index >= 15 is 0 Å². The third-order valence-corrected chi connectivity index (χ3v) is 0.117. The Hall–Kier alpha value is -1.04. The molecule has 0 bridgehead atoms. The maximum atomic E-state index is 9.19. The van der Waals surface area contributed by atoms with Gasteiger partial charge in [-0.15, -0.1) is 0 Å². The van der Waals surface area contributed by atoms with Gasteiger partial charge in [0, 0.05) is 0 Å². The van der Waals surface area contributed by atoms with E-state index in [2.05, 4.69) is 11.4 Å². The van der Waals surface area contributed by atoms with Gasteiger partial charge in [-0.1, -0.05) is 5.41 Å². The second-order valence-corrected chi connectivity index (χ2v) is 0.434. The molecule has 0 heterocycles. The first-order valence-electron chi connectivity index (χ1n) is 0.936. The lowest BCUT2D eigenvalue weighted by Gasteiger charge is -1.73. The topological polar surface area (TPSA) is 51.3 Å². The molecule has 0 radical (unpaired) electrons. The molecule has 0 saturated carbocycles.